The van der Waals surface area contributed by atoms with Crippen molar-refractivity contribution in [1.82, 2.24) is 15.0 Å². The average Bonchev–Trinajstić information content (AvgIpc) is 3.50. The third kappa shape index (κ3) is 3.69. The van der Waals surface area contributed by atoms with Gasteiger partial charge in [-0.05, 0) is 38.0 Å². The molecule has 3 heterocycles. The molecule has 7 nitrogen and oxygen atoms in total. The van der Waals surface area contributed by atoms with Gasteiger partial charge in [0.1, 0.15) is 11.5 Å². The highest BCUT2D eigenvalue weighted by atomic mass is 16.5. The van der Waals surface area contributed by atoms with E-state index in [1.807, 2.05) is 66.4 Å². The summed E-state index contributed by atoms with van der Waals surface area (Å²) < 4.78 is 16.4. The maximum Gasteiger partial charge on any atom is 0.259 e. The Labute approximate surface area is 191 Å². The molecule has 0 aliphatic carbocycles. The third-order valence-electron chi connectivity index (χ3n) is 6.23. The minimum Gasteiger partial charge on any atom is -0.497 e. The smallest absolute Gasteiger partial charge is 0.259 e. The van der Waals surface area contributed by atoms with Gasteiger partial charge in [-0.3, -0.25) is 4.79 Å². The number of carbonyl (C=O) groups is 1. The van der Waals surface area contributed by atoms with Gasteiger partial charge in [0.2, 0.25) is 0 Å². The number of nitrogens with zero attached hydrogens (tertiary/aromatic N) is 3. The quantitative estimate of drug-likeness (QED) is 0.422. The van der Waals surface area contributed by atoms with Gasteiger partial charge in [0, 0.05) is 23.7 Å². The molecule has 1 fully saturated rings. The normalized spacial score (nSPS) is 15.7. The predicted molar refractivity (Wildman–Crippen MR) is 125 cm³/mol. The number of rotatable bonds is 5. The van der Waals surface area contributed by atoms with Crippen LogP contribution in [0.5, 0.6) is 11.5 Å². The van der Waals surface area contributed by atoms with Crippen molar-refractivity contribution in [2.45, 2.75) is 25.8 Å². The van der Waals surface area contributed by atoms with Crippen LogP contribution in [0.1, 0.15) is 40.5 Å². The fraction of sp³-hybridized carbons (Fsp3) is 0.269. The summed E-state index contributed by atoms with van der Waals surface area (Å²) in [6.45, 7) is 2.49. The Balaban J connectivity index is 1.59. The first-order valence-corrected chi connectivity index (χ1v) is 11.0. The predicted octanol–water partition coefficient (Wildman–Crippen LogP) is 5.19. The van der Waals surface area contributed by atoms with Crippen LogP contribution < -0.4 is 9.47 Å². The van der Waals surface area contributed by atoms with Crippen molar-refractivity contribution in [1.29, 1.82) is 0 Å². The number of benzene rings is 2. The second kappa shape index (κ2) is 8.58. The molecule has 33 heavy (non-hydrogen) atoms. The van der Waals surface area contributed by atoms with Crippen molar-refractivity contribution < 1.29 is 18.8 Å². The molecule has 2 aromatic heterocycles. The van der Waals surface area contributed by atoms with E-state index in [4.69, 9.17) is 14.0 Å². The molecule has 0 N–H and O–H groups in total. The van der Waals surface area contributed by atoms with Gasteiger partial charge in [0.15, 0.2) is 0 Å². The van der Waals surface area contributed by atoms with Gasteiger partial charge in [-0.2, -0.15) is 0 Å². The number of fused-ring (bicyclic) bond motifs is 1. The van der Waals surface area contributed by atoms with Crippen LogP contribution in [0.3, 0.4) is 0 Å². The van der Waals surface area contributed by atoms with Crippen LogP contribution in [-0.2, 0) is 0 Å². The lowest BCUT2D eigenvalue weighted by Gasteiger charge is -2.27. The highest BCUT2D eigenvalue weighted by Gasteiger charge is 2.34. The summed E-state index contributed by atoms with van der Waals surface area (Å²) in [5.41, 5.74) is 4.14. The summed E-state index contributed by atoms with van der Waals surface area (Å²) in [5, 5.41) is 4.74. The van der Waals surface area contributed by atoms with Gasteiger partial charge in [-0.1, -0.05) is 35.5 Å². The number of aryl methyl sites for hydroxylation is 1. The Hall–Kier alpha value is -3.87. The number of amides is 1. The zero-order chi connectivity index (χ0) is 22.9. The highest BCUT2D eigenvalue weighted by Crippen LogP contribution is 2.40. The first kappa shape index (κ1) is 21.0. The molecule has 0 spiro atoms. The van der Waals surface area contributed by atoms with Crippen LogP contribution in [0, 0.1) is 6.92 Å². The van der Waals surface area contributed by atoms with Gasteiger partial charge in [0.25, 0.3) is 11.6 Å². The Bertz CT molecular complexity index is 1320. The topological polar surface area (TPSA) is 77.7 Å². The Morgan fingerprint density at radius 1 is 1.09 bits per heavy atom. The molecular weight excluding hydrogens is 418 g/mol. The van der Waals surface area contributed by atoms with E-state index in [9.17, 15) is 4.79 Å². The van der Waals surface area contributed by atoms with Crippen molar-refractivity contribution in [3.8, 4) is 22.8 Å². The summed E-state index contributed by atoms with van der Waals surface area (Å²) in [7, 11) is 3.26. The van der Waals surface area contributed by atoms with E-state index < -0.39 is 0 Å². The molecule has 1 unspecified atom stereocenters. The maximum absolute atomic E-state index is 14.0. The first-order valence-electron chi connectivity index (χ1n) is 11.0. The Kier molecular flexibility index (Phi) is 5.46. The summed E-state index contributed by atoms with van der Waals surface area (Å²) >= 11 is 0. The zero-order valence-corrected chi connectivity index (χ0v) is 18.9. The first-order chi connectivity index (χ1) is 16.1. The van der Waals surface area contributed by atoms with Gasteiger partial charge in [-0.15, -0.1) is 0 Å². The molecule has 1 saturated heterocycles. The molecule has 2 aromatic carbocycles. The van der Waals surface area contributed by atoms with Gasteiger partial charge in [-0.25, -0.2) is 4.98 Å². The lowest BCUT2D eigenvalue weighted by atomic mass is 10.0. The van der Waals surface area contributed by atoms with E-state index in [-0.39, 0.29) is 11.9 Å². The Morgan fingerprint density at radius 3 is 2.67 bits per heavy atom. The molecule has 7 heteroatoms. The largest absolute Gasteiger partial charge is 0.497 e. The summed E-state index contributed by atoms with van der Waals surface area (Å²) in [6, 6.07) is 17.3. The molecule has 168 valence electrons. The van der Waals surface area contributed by atoms with Crippen molar-refractivity contribution >= 4 is 17.0 Å². The molecule has 0 bridgehead atoms. The second-order valence-electron chi connectivity index (χ2n) is 8.13. The monoisotopic (exact) mass is 443 g/mol. The van der Waals surface area contributed by atoms with Gasteiger partial charge >= 0.3 is 0 Å². The number of methoxy groups -OCH3 is 2. The number of pyridine rings is 1. The van der Waals surface area contributed by atoms with E-state index in [1.54, 1.807) is 14.2 Å². The summed E-state index contributed by atoms with van der Waals surface area (Å²) in [4.78, 5) is 20.5. The third-order valence-corrected chi connectivity index (χ3v) is 6.23. The van der Waals surface area contributed by atoms with E-state index in [0.29, 0.717) is 40.3 Å². The minimum atomic E-state index is -0.0955. The number of aromatic nitrogens is 2. The fourth-order valence-corrected chi connectivity index (χ4v) is 4.60. The van der Waals surface area contributed by atoms with Gasteiger partial charge < -0.3 is 18.9 Å². The van der Waals surface area contributed by atoms with Crippen molar-refractivity contribution in [3.63, 3.8) is 0 Å². The lowest BCUT2D eigenvalue weighted by Crippen LogP contribution is -2.31. The molecule has 0 saturated carbocycles. The molecule has 1 aliphatic rings. The zero-order valence-electron chi connectivity index (χ0n) is 18.9. The standard InChI is InChI=1S/C26H25N3O4/c1-16-24-20(15-21(27-25(24)33-28-16)17-8-5-4-6-9-17)26(30)29-13-7-10-22(29)19-12-11-18(31-2)14-23(19)32-3/h4-6,8-9,11-12,14-15,22H,7,10,13H2,1-3H3. The van der Waals surface area contributed by atoms with Crippen molar-refractivity contribution in [3.05, 3.63) is 71.4 Å². The van der Waals surface area contributed by atoms with Crippen molar-refractivity contribution in [2.24, 2.45) is 0 Å². The minimum absolute atomic E-state index is 0.0637. The van der Waals surface area contributed by atoms with Gasteiger partial charge in [0.05, 0.1) is 42.6 Å². The molecular formula is C26H25N3O4. The molecule has 1 amide bonds. The average molecular weight is 444 g/mol. The highest BCUT2D eigenvalue weighted by molar-refractivity contribution is 6.07. The van der Waals surface area contributed by atoms with Crippen LogP contribution in [0.15, 0.2) is 59.1 Å². The summed E-state index contributed by atoms with van der Waals surface area (Å²) in [6.07, 6.45) is 1.77. The van der Waals surface area contributed by atoms with E-state index in [0.717, 1.165) is 29.7 Å². The number of hydrogen-bond donors (Lipinski definition) is 0. The second-order valence-corrected chi connectivity index (χ2v) is 8.13. The molecule has 0 radical (unpaired) electrons. The van der Waals surface area contributed by atoms with Crippen LogP contribution in [-0.4, -0.2) is 41.7 Å². The molecule has 1 aliphatic heterocycles. The lowest BCUT2D eigenvalue weighted by molar-refractivity contribution is 0.0736. The fourth-order valence-electron chi connectivity index (χ4n) is 4.60. The molecule has 4 aromatic rings. The van der Waals surface area contributed by atoms with Crippen LogP contribution in [0.2, 0.25) is 0 Å². The number of carbonyl (C=O) groups excluding carboxylic acids is 1. The number of hydrogen-bond acceptors (Lipinski definition) is 6. The molecule has 1 atom stereocenters. The van der Waals surface area contributed by atoms with Crippen LogP contribution in [0.4, 0.5) is 0 Å². The van der Waals surface area contributed by atoms with Crippen LogP contribution in [0.25, 0.3) is 22.4 Å². The van der Waals surface area contributed by atoms with E-state index in [1.165, 1.54) is 0 Å². The number of ether oxygens (including phenoxy) is 2. The van der Waals surface area contributed by atoms with E-state index in [2.05, 4.69) is 10.1 Å². The Morgan fingerprint density at radius 2 is 1.91 bits per heavy atom. The maximum atomic E-state index is 14.0. The molecule has 5 rings (SSSR count). The summed E-state index contributed by atoms with van der Waals surface area (Å²) in [5.74, 6) is 1.37. The van der Waals surface area contributed by atoms with E-state index >= 15 is 0 Å². The number of likely N-dealkylation sites (tertiary alicyclic amines) is 1. The SMILES string of the molecule is COc1ccc(C2CCCN2C(=O)c2cc(-c3ccccc3)nc3onc(C)c23)c(OC)c1. The van der Waals surface area contributed by atoms with Crippen molar-refractivity contribution in [2.75, 3.05) is 20.8 Å². The van der Waals surface area contributed by atoms with Crippen LogP contribution >= 0.6 is 0 Å².